The lowest BCUT2D eigenvalue weighted by atomic mass is 10.2. The molecule has 0 saturated carbocycles. The number of carbonyl (C=O) groups is 1. The summed E-state index contributed by atoms with van der Waals surface area (Å²) in [6.07, 6.45) is 1.59. The molecule has 0 aliphatic rings. The van der Waals surface area contributed by atoms with Crippen LogP contribution in [0.2, 0.25) is 5.02 Å². The van der Waals surface area contributed by atoms with Crippen LogP contribution in [0.3, 0.4) is 0 Å². The van der Waals surface area contributed by atoms with Gasteiger partial charge < -0.3 is 20.3 Å². The maximum Gasteiger partial charge on any atom is 0.251 e. The van der Waals surface area contributed by atoms with Gasteiger partial charge in [-0.2, -0.15) is 0 Å². The minimum absolute atomic E-state index is 0.130. The summed E-state index contributed by atoms with van der Waals surface area (Å²) in [5, 5.41) is 6.50. The fraction of sp³-hybridized carbons (Fsp3) is 0.294. The molecule has 7 heteroatoms. The molecule has 0 unspecified atom stereocenters. The van der Waals surface area contributed by atoms with E-state index in [2.05, 4.69) is 15.6 Å². The van der Waals surface area contributed by atoms with Gasteiger partial charge in [0.15, 0.2) is 0 Å². The van der Waals surface area contributed by atoms with Crippen molar-refractivity contribution in [3.63, 3.8) is 0 Å². The van der Waals surface area contributed by atoms with Gasteiger partial charge in [0.1, 0.15) is 11.6 Å². The van der Waals surface area contributed by atoms with Crippen molar-refractivity contribution in [2.45, 2.75) is 0 Å². The number of methoxy groups -OCH3 is 1. The summed E-state index contributed by atoms with van der Waals surface area (Å²) in [5.41, 5.74) is 1.31. The number of halogens is 1. The first-order valence-corrected chi connectivity index (χ1v) is 7.87. The Morgan fingerprint density at radius 1 is 1.29 bits per heavy atom. The molecule has 1 amide bonds. The van der Waals surface area contributed by atoms with Crippen LogP contribution in [0, 0.1) is 0 Å². The number of benzene rings is 1. The highest BCUT2D eigenvalue weighted by Gasteiger charge is 2.08. The first-order chi connectivity index (χ1) is 11.5. The van der Waals surface area contributed by atoms with Gasteiger partial charge in [0, 0.05) is 30.5 Å². The first kappa shape index (κ1) is 18.0. The van der Waals surface area contributed by atoms with Crippen molar-refractivity contribution in [3.8, 4) is 5.75 Å². The molecule has 0 spiro atoms. The van der Waals surface area contributed by atoms with E-state index in [1.807, 2.05) is 25.1 Å². The number of likely N-dealkylation sites (N-methyl/N-ethyl adjacent to an activating group) is 1. The molecule has 0 saturated heterocycles. The lowest BCUT2D eigenvalue weighted by molar-refractivity contribution is 0.0951. The second-order valence-electron chi connectivity index (χ2n) is 5.46. The van der Waals surface area contributed by atoms with Gasteiger partial charge >= 0.3 is 0 Å². The number of aromatic nitrogens is 1. The third-order valence-electron chi connectivity index (χ3n) is 3.29. The lowest BCUT2D eigenvalue weighted by Gasteiger charge is -2.11. The second-order valence-corrected chi connectivity index (χ2v) is 5.87. The topological polar surface area (TPSA) is 66.5 Å². The summed E-state index contributed by atoms with van der Waals surface area (Å²) >= 11 is 6.11. The number of nitrogens with one attached hydrogen (secondary N) is 2. The van der Waals surface area contributed by atoms with E-state index >= 15 is 0 Å². The zero-order chi connectivity index (χ0) is 17.5. The van der Waals surface area contributed by atoms with Crippen LogP contribution in [0.5, 0.6) is 5.75 Å². The molecule has 2 rings (SSSR count). The zero-order valence-electron chi connectivity index (χ0n) is 14.0. The van der Waals surface area contributed by atoms with Gasteiger partial charge in [0.2, 0.25) is 0 Å². The maximum absolute atomic E-state index is 12.1. The predicted octanol–water partition coefficient (Wildman–Crippen LogP) is 2.78. The van der Waals surface area contributed by atoms with Crippen LogP contribution in [0.1, 0.15) is 10.4 Å². The molecule has 0 aliphatic carbocycles. The summed E-state index contributed by atoms with van der Waals surface area (Å²) in [4.78, 5) is 18.4. The van der Waals surface area contributed by atoms with Gasteiger partial charge in [-0.1, -0.05) is 11.6 Å². The minimum Gasteiger partial charge on any atom is -0.495 e. The molecule has 0 fully saturated rings. The van der Waals surface area contributed by atoms with E-state index in [4.69, 9.17) is 16.3 Å². The number of hydrogen-bond donors (Lipinski definition) is 2. The molecule has 2 N–H and O–H groups in total. The number of amides is 1. The standard InChI is InChI=1S/C17H21ClN4O2/c1-22(2)9-8-20-17(23)12-6-7-19-16(10-12)21-13-4-5-15(24-3)14(18)11-13/h4-7,10-11H,8-9H2,1-3H3,(H,19,21)(H,20,23). The number of anilines is 2. The molecule has 1 aromatic carbocycles. The summed E-state index contributed by atoms with van der Waals surface area (Å²) < 4.78 is 5.12. The Morgan fingerprint density at radius 3 is 2.75 bits per heavy atom. The fourth-order valence-electron chi connectivity index (χ4n) is 2.03. The monoisotopic (exact) mass is 348 g/mol. The summed E-state index contributed by atoms with van der Waals surface area (Å²) in [6.45, 7) is 1.37. The quantitative estimate of drug-likeness (QED) is 0.805. The van der Waals surface area contributed by atoms with Crippen molar-refractivity contribution in [1.82, 2.24) is 15.2 Å². The van der Waals surface area contributed by atoms with Crippen LogP contribution in [-0.2, 0) is 0 Å². The van der Waals surface area contributed by atoms with Crippen molar-refractivity contribution in [2.75, 3.05) is 39.6 Å². The van der Waals surface area contributed by atoms with Crippen LogP contribution in [0.4, 0.5) is 11.5 Å². The van der Waals surface area contributed by atoms with Crippen LogP contribution >= 0.6 is 11.6 Å². The molecule has 2 aromatic rings. The Balaban J connectivity index is 2.04. The summed E-state index contributed by atoms with van der Waals surface area (Å²) in [5.74, 6) is 1.04. The molecular formula is C17H21ClN4O2. The summed E-state index contributed by atoms with van der Waals surface area (Å²) in [7, 11) is 5.48. The maximum atomic E-state index is 12.1. The van der Waals surface area contributed by atoms with Gasteiger partial charge in [0.05, 0.1) is 12.1 Å². The second kappa shape index (κ2) is 8.52. The highest BCUT2D eigenvalue weighted by Crippen LogP contribution is 2.28. The van der Waals surface area contributed by atoms with E-state index in [1.165, 1.54) is 0 Å². The molecule has 24 heavy (non-hydrogen) atoms. The third kappa shape index (κ3) is 5.11. The van der Waals surface area contributed by atoms with Crippen molar-refractivity contribution in [2.24, 2.45) is 0 Å². The number of pyridine rings is 1. The average Bonchev–Trinajstić information content (AvgIpc) is 2.55. The van der Waals surface area contributed by atoms with Crippen molar-refractivity contribution in [3.05, 3.63) is 47.1 Å². The van der Waals surface area contributed by atoms with Crippen LogP contribution < -0.4 is 15.4 Å². The molecule has 0 atom stereocenters. The first-order valence-electron chi connectivity index (χ1n) is 7.49. The molecule has 128 valence electrons. The van der Waals surface area contributed by atoms with Crippen molar-refractivity contribution in [1.29, 1.82) is 0 Å². The number of carbonyl (C=O) groups excluding carboxylic acids is 1. The van der Waals surface area contributed by atoms with Gasteiger partial charge in [0.25, 0.3) is 5.91 Å². The minimum atomic E-state index is -0.130. The van der Waals surface area contributed by atoms with E-state index in [0.29, 0.717) is 28.7 Å². The molecule has 6 nitrogen and oxygen atoms in total. The van der Waals surface area contributed by atoms with Gasteiger partial charge in [-0.25, -0.2) is 4.98 Å². The third-order valence-corrected chi connectivity index (χ3v) is 3.59. The smallest absolute Gasteiger partial charge is 0.251 e. The van der Waals surface area contributed by atoms with Crippen LogP contribution in [0.25, 0.3) is 0 Å². The van der Waals surface area contributed by atoms with E-state index < -0.39 is 0 Å². The van der Waals surface area contributed by atoms with E-state index in [0.717, 1.165) is 12.2 Å². The highest BCUT2D eigenvalue weighted by molar-refractivity contribution is 6.32. The van der Waals surface area contributed by atoms with Crippen molar-refractivity contribution >= 4 is 29.0 Å². The summed E-state index contributed by atoms with van der Waals surface area (Å²) in [6, 6.07) is 8.71. The molecule has 1 heterocycles. The van der Waals surface area contributed by atoms with E-state index in [1.54, 1.807) is 37.6 Å². The van der Waals surface area contributed by atoms with Gasteiger partial charge in [-0.05, 0) is 44.4 Å². The number of rotatable bonds is 7. The number of ether oxygens (including phenoxy) is 1. The fourth-order valence-corrected chi connectivity index (χ4v) is 2.28. The Bertz CT molecular complexity index is 707. The zero-order valence-corrected chi connectivity index (χ0v) is 14.7. The Kier molecular flexibility index (Phi) is 6.40. The van der Waals surface area contributed by atoms with Crippen molar-refractivity contribution < 1.29 is 9.53 Å². The molecule has 0 bridgehead atoms. The van der Waals surface area contributed by atoms with Crippen LogP contribution in [0.15, 0.2) is 36.5 Å². The number of hydrogen-bond acceptors (Lipinski definition) is 5. The molecule has 0 aliphatic heterocycles. The molecule has 0 radical (unpaired) electrons. The largest absolute Gasteiger partial charge is 0.495 e. The highest BCUT2D eigenvalue weighted by atomic mass is 35.5. The van der Waals surface area contributed by atoms with E-state index in [9.17, 15) is 4.79 Å². The Labute approximate surface area is 146 Å². The lowest BCUT2D eigenvalue weighted by Crippen LogP contribution is -2.31. The normalized spacial score (nSPS) is 10.5. The Hall–Kier alpha value is -2.31. The average molecular weight is 349 g/mol. The molecule has 1 aromatic heterocycles. The molecular weight excluding hydrogens is 328 g/mol. The van der Waals surface area contributed by atoms with Gasteiger partial charge in [-0.15, -0.1) is 0 Å². The Morgan fingerprint density at radius 2 is 2.08 bits per heavy atom. The van der Waals surface area contributed by atoms with Crippen LogP contribution in [-0.4, -0.2) is 50.1 Å². The predicted molar refractivity (Wildman–Crippen MR) is 96.4 cm³/mol. The van der Waals surface area contributed by atoms with Gasteiger partial charge in [-0.3, -0.25) is 4.79 Å². The number of nitrogens with zero attached hydrogens (tertiary/aromatic N) is 2. The SMILES string of the molecule is COc1ccc(Nc2cc(C(=O)NCCN(C)C)ccn2)cc1Cl. The van der Waals surface area contributed by atoms with E-state index in [-0.39, 0.29) is 5.91 Å².